The summed E-state index contributed by atoms with van der Waals surface area (Å²) < 4.78 is 35.5. The summed E-state index contributed by atoms with van der Waals surface area (Å²) in [6.07, 6.45) is 3.16. The van der Waals surface area contributed by atoms with E-state index in [9.17, 15) is 18.0 Å². The largest absolute Gasteiger partial charge is 0.464 e. The van der Waals surface area contributed by atoms with Gasteiger partial charge in [0.15, 0.2) is 0 Å². The van der Waals surface area contributed by atoms with Crippen LogP contribution in [0.1, 0.15) is 35.7 Å². The van der Waals surface area contributed by atoms with E-state index in [1.54, 1.807) is 36.0 Å². The maximum atomic E-state index is 13.8. The van der Waals surface area contributed by atoms with Crippen LogP contribution in [0.25, 0.3) is 10.9 Å². The van der Waals surface area contributed by atoms with Crippen molar-refractivity contribution in [3.8, 4) is 0 Å². The predicted octanol–water partition coefficient (Wildman–Crippen LogP) is 5.95. The molecule has 0 unspecified atom stereocenters. The van der Waals surface area contributed by atoms with Gasteiger partial charge >= 0.3 is 5.97 Å². The van der Waals surface area contributed by atoms with E-state index in [1.165, 1.54) is 18.2 Å². The molecule has 0 atom stereocenters. The third-order valence-corrected chi connectivity index (χ3v) is 8.45. The maximum Gasteiger partial charge on any atom is 0.326 e. The number of hydrogen-bond donors (Lipinski definition) is 1. The third kappa shape index (κ3) is 6.78. The molecule has 0 bridgehead atoms. The van der Waals surface area contributed by atoms with Crippen molar-refractivity contribution in [2.75, 3.05) is 17.5 Å². The standard InChI is InChI=1S/C29H29Cl2N3O5S/c1-3-4-12-39-28(35)19-34(40(37,38)24-14-21(30)13-22(31)15-24)23-10-11-25-26(18-33(2)27(25)16-23)29(36)32-17-20-8-6-5-7-9-20/h5-11,13-16,18H,3-4,12,17,19H2,1-2H3,(H,32,36). The van der Waals surface area contributed by atoms with Gasteiger partial charge in [-0.1, -0.05) is 66.9 Å². The van der Waals surface area contributed by atoms with E-state index >= 15 is 0 Å². The van der Waals surface area contributed by atoms with E-state index in [0.29, 0.717) is 29.4 Å². The molecule has 1 N–H and O–H groups in total. The fourth-order valence-electron chi connectivity index (χ4n) is 4.19. The molecule has 1 aromatic heterocycles. The van der Waals surface area contributed by atoms with Gasteiger partial charge in [-0.3, -0.25) is 13.9 Å². The Bertz CT molecular complexity index is 1620. The third-order valence-electron chi connectivity index (χ3n) is 6.26. The molecule has 1 heterocycles. The molecule has 0 aliphatic rings. The number of unbranched alkanes of at least 4 members (excludes halogenated alkanes) is 1. The first-order valence-electron chi connectivity index (χ1n) is 12.7. The van der Waals surface area contributed by atoms with Crippen LogP contribution in [-0.2, 0) is 33.1 Å². The average molecular weight is 603 g/mol. The van der Waals surface area contributed by atoms with Gasteiger partial charge in [0.05, 0.1) is 28.3 Å². The number of nitrogens with one attached hydrogen (secondary N) is 1. The number of nitrogens with zero attached hydrogens (tertiary/aromatic N) is 2. The topological polar surface area (TPSA) is 97.7 Å². The molecule has 0 saturated carbocycles. The lowest BCUT2D eigenvalue weighted by molar-refractivity contribution is -0.141. The van der Waals surface area contributed by atoms with Crippen molar-refractivity contribution >= 4 is 61.7 Å². The summed E-state index contributed by atoms with van der Waals surface area (Å²) in [6, 6.07) is 18.4. The minimum Gasteiger partial charge on any atom is -0.464 e. The average Bonchev–Trinajstić information content (AvgIpc) is 3.26. The van der Waals surface area contributed by atoms with Gasteiger partial charge in [0.1, 0.15) is 6.54 Å². The molecule has 0 radical (unpaired) electrons. The van der Waals surface area contributed by atoms with E-state index in [2.05, 4.69) is 5.32 Å². The molecule has 4 aromatic rings. The molecule has 0 aliphatic heterocycles. The van der Waals surface area contributed by atoms with Crippen LogP contribution in [0.2, 0.25) is 10.0 Å². The molecule has 210 valence electrons. The van der Waals surface area contributed by atoms with Crippen LogP contribution in [0.15, 0.2) is 77.8 Å². The molecule has 0 fully saturated rings. The second-order valence-electron chi connectivity index (χ2n) is 9.21. The lowest BCUT2D eigenvalue weighted by atomic mass is 10.1. The summed E-state index contributed by atoms with van der Waals surface area (Å²) in [4.78, 5) is 25.5. The molecule has 1 amide bonds. The summed E-state index contributed by atoms with van der Waals surface area (Å²) in [5.74, 6) is -0.960. The number of anilines is 1. The molecular weight excluding hydrogens is 573 g/mol. The lowest BCUT2D eigenvalue weighted by Gasteiger charge is -2.24. The van der Waals surface area contributed by atoms with Gasteiger partial charge in [-0.2, -0.15) is 0 Å². The zero-order valence-electron chi connectivity index (χ0n) is 22.1. The summed E-state index contributed by atoms with van der Waals surface area (Å²) in [5.41, 5.74) is 2.22. The Morgan fingerprint density at radius 1 is 1.00 bits per heavy atom. The van der Waals surface area contributed by atoms with E-state index in [0.717, 1.165) is 16.3 Å². The van der Waals surface area contributed by atoms with Gasteiger partial charge in [0, 0.05) is 35.2 Å². The highest BCUT2D eigenvalue weighted by atomic mass is 35.5. The highest BCUT2D eigenvalue weighted by molar-refractivity contribution is 7.92. The van der Waals surface area contributed by atoms with Gasteiger partial charge < -0.3 is 14.6 Å². The molecule has 8 nitrogen and oxygen atoms in total. The van der Waals surface area contributed by atoms with Crippen molar-refractivity contribution in [3.63, 3.8) is 0 Å². The minimum absolute atomic E-state index is 0.139. The SMILES string of the molecule is CCCCOC(=O)CN(c1ccc2c(C(=O)NCc3ccccc3)cn(C)c2c1)S(=O)(=O)c1cc(Cl)cc(Cl)c1. The number of halogens is 2. The van der Waals surface area contributed by atoms with Gasteiger partial charge in [0.25, 0.3) is 15.9 Å². The maximum absolute atomic E-state index is 13.8. The zero-order valence-corrected chi connectivity index (χ0v) is 24.4. The number of sulfonamides is 1. The van der Waals surface area contributed by atoms with Crippen LogP contribution in [0, 0.1) is 0 Å². The lowest BCUT2D eigenvalue weighted by Crippen LogP contribution is -2.36. The second kappa shape index (κ2) is 12.8. The molecule has 3 aromatic carbocycles. The zero-order chi connectivity index (χ0) is 28.9. The Morgan fingerprint density at radius 2 is 1.70 bits per heavy atom. The van der Waals surface area contributed by atoms with Crippen LogP contribution < -0.4 is 9.62 Å². The van der Waals surface area contributed by atoms with Crippen LogP contribution >= 0.6 is 23.2 Å². The number of ether oxygens (including phenoxy) is 1. The van der Waals surface area contributed by atoms with Crippen molar-refractivity contribution in [1.82, 2.24) is 9.88 Å². The molecular formula is C29H29Cl2N3O5S. The molecule has 0 aliphatic carbocycles. The van der Waals surface area contributed by atoms with Crippen LogP contribution in [0.5, 0.6) is 0 Å². The van der Waals surface area contributed by atoms with Crippen molar-refractivity contribution in [2.24, 2.45) is 7.05 Å². The number of aromatic nitrogens is 1. The first-order chi connectivity index (χ1) is 19.1. The Hall–Kier alpha value is -3.53. The van der Waals surface area contributed by atoms with E-state index in [4.69, 9.17) is 27.9 Å². The van der Waals surface area contributed by atoms with E-state index in [1.807, 2.05) is 37.3 Å². The van der Waals surface area contributed by atoms with Gasteiger partial charge in [-0.15, -0.1) is 0 Å². The number of amides is 1. The summed E-state index contributed by atoms with van der Waals surface area (Å²) in [7, 11) is -2.52. The fraction of sp³-hybridized carbons (Fsp3) is 0.241. The molecule has 0 saturated heterocycles. The quantitative estimate of drug-likeness (QED) is 0.169. The second-order valence-corrected chi connectivity index (χ2v) is 11.9. The Kier molecular flexibility index (Phi) is 9.40. The summed E-state index contributed by atoms with van der Waals surface area (Å²) in [6.45, 7) is 1.95. The normalized spacial score (nSPS) is 11.4. The van der Waals surface area contributed by atoms with Crippen molar-refractivity contribution in [2.45, 2.75) is 31.2 Å². The first kappa shape index (κ1) is 29.5. The van der Waals surface area contributed by atoms with Gasteiger partial charge in [-0.05, 0) is 48.4 Å². The van der Waals surface area contributed by atoms with E-state index < -0.39 is 22.5 Å². The fourth-order valence-corrected chi connectivity index (χ4v) is 6.32. The number of hydrogen-bond acceptors (Lipinski definition) is 5. The van der Waals surface area contributed by atoms with Crippen LogP contribution in [-0.4, -0.2) is 38.0 Å². The number of fused-ring (bicyclic) bond motifs is 1. The number of benzene rings is 3. The summed E-state index contributed by atoms with van der Waals surface area (Å²) >= 11 is 12.2. The van der Waals surface area contributed by atoms with Crippen LogP contribution in [0.4, 0.5) is 5.69 Å². The highest BCUT2D eigenvalue weighted by Gasteiger charge is 2.29. The van der Waals surface area contributed by atoms with E-state index in [-0.39, 0.29) is 33.1 Å². The molecule has 40 heavy (non-hydrogen) atoms. The molecule has 4 rings (SSSR count). The smallest absolute Gasteiger partial charge is 0.326 e. The number of esters is 1. The van der Waals surface area contributed by atoms with Crippen molar-refractivity contribution < 1.29 is 22.7 Å². The number of carbonyl (C=O) groups excluding carboxylic acids is 2. The van der Waals surface area contributed by atoms with Crippen LogP contribution in [0.3, 0.4) is 0 Å². The Labute approximate surface area is 243 Å². The Balaban J connectivity index is 1.70. The predicted molar refractivity (Wildman–Crippen MR) is 157 cm³/mol. The molecule has 0 spiro atoms. The monoisotopic (exact) mass is 601 g/mol. The number of aryl methyl sites for hydroxylation is 1. The number of carbonyl (C=O) groups is 2. The molecule has 11 heteroatoms. The highest BCUT2D eigenvalue weighted by Crippen LogP contribution is 2.31. The summed E-state index contributed by atoms with van der Waals surface area (Å²) in [5, 5.41) is 3.83. The first-order valence-corrected chi connectivity index (χ1v) is 14.9. The Morgan fingerprint density at radius 3 is 2.38 bits per heavy atom. The van der Waals surface area contributed by atoms with Gasteiger partial charge in [-0.25, -0.2) is 8.42 Å². The van der Waals surface area contributed by atoms with Gasteiger partial charge in [0.2, 0.25) is 0 Å². The number of rotatable bonds is 11. The van der Waals surface area contributed by atoms with Crippen molar-refractivity contribution in [1.29, 1.82) is 0 Å². The minimum atomic E-state index is -4.28. The van der Waals surface area contributed by atoms with Crippen molar-refractivity contribution in [3.05, 3.63) is 94.1 Å².